The highest BCUT2D eigenvalue weighted by Gasteiger charge is 2.21. The third-order valence-corrected chi connectivity index (χ3v) is 4.55. The van der Waals surface area contributed by atoms with Gasteiger partial charge in [-0.3, -0.25) is 4.79 Å². The average molecular weight is 392 g/mol. The van der Waals surface area contributed by atoms with E-state index in [1.807, 2.05) is 30.3 Å². The summed E-state index contributed by atoms with van der Waals surface area (Å²) in [5.74, 6) is 1.48. The van der Waals surface area contributed by atoms with Gasteiger partial charge < -0.3 is 18.9 Å². The summed E-state index contributed by atoms with van der Waals surface area (Å²) in [6.07, 6.45) is 2.45. The van der Waals surface area contributed by atoms with Gasteiger partial charge in [0.05, 0.1) is 19.8 Å². The van der Waals surface area contributed by atoms with E-state index in [2.05, 4.69) is 11.7 Å². The normalized spacial score (nSPS) is 10.4. The van der Waals surface area contributed by atoms with Gasteiger partial charge in [0.15, 0.2) is 11.5 Å². The van der Waals surface area contributed by atoms with Gasteiger partial charge >= 0.3 is 0 Å². The van der Waals surface area contributed by atoms with Crippen LogP contribution in [-0.2, 0) is 6.42 Å². The van der Waals surface area contributed by atoms with Crippen LogP contribution in [0, 0.1) is 0 Å². The van der Waals surface area contributed by atoms with Gasteiger partial charge in [0, 0.05) is 19.2 Å². The second-order valence-electron chi connectivity index (χ2n) is 6.42. The highest BCUT2D eigenvalue weighted by Crippen LogP contribution is 2.33. The highest BCUT2D eigenvalue weighted by atomic mass is 16.5. The summed E-state index contributed by atoms with van der Waals surface area (Å²) in [5.41, 5.74) is 2.06. The molecule has 2 aromatic carbocycles. The first-order valence-corrected chi connectivity index (χ1v) is 9.29. The van der Waals surface area contributed by atoms with Gasteiger partial charge in [-0.25, -0.2) is 0 Å². The van der Waals surface area contributed by atoms with Crippen LogP contribution in [0.4, 0.5) is 0 Å². The second-order valence-corrected chi connectivity index (χ2v) is 6.42. The van der Waals surface area contributed by atoms with Crippen molar-refractivity contribution in [3.63, 3.8) is 0 Å². The van der Waals surface area contributed by atoms with Crippen molar-refractivity contribution in [2.75, 3.05) is 27.3 Å². The maximum Gasteiger partial charge on any atom is 0.276 e. The van der Waals surface area contributed by atoms with Crippen LogP contribution in [0.15, 0.2) is 71.8 Å². The fraction of sp³-hybridized carbons (Fsp3) is 0.217. The molecule has 3 rings (SSSR count). The number of carbonyl (C=O) groups is 1. The fourth-order valence-corrected chi connectivity index (χ4v) is 3.01. The molecule has 0 saturated carbocycles. The number of amides is 1. The quantitative estimate of drug-likeness (QED) is 0.510. The van der Waals surface area contributed by atoms with Crippen molar-refractivity contribution in [1.82, 2.24) is 10.1 Å². The number of hydrogen-bond acceptors (Lipinski definition) is 5. The van der Waals surface area contributed by atoms with Crippen LogP contribution in [0.25, 0.3) is 11.3 Å². The van der Waals surface area contributed by atoms with E-state index in [0.29, 0.717) is 35.9 Å². The first-order valence-electron chi connectivity index (χ1n) is 9.29. The van der Waals surface area contributed by atoms with Crippen molar-refractivity contribution in [2.24, 2.45) is 0 Å². The molecule has 1 amide bonds. The summed E-state index contributed by atoms with van der Waals surface area (Å²) in [4.78, 5) is 14.7. The summed E-state index contributed by atoms with van der Waals surface area (Å²) < 4.78 is 16.1. The number of benzene rings is 2. The maximum atomic E-state index is 13.0. The van der Waals surface area contributed by atoms with Crippen molar-refractivity contribution >= 4 is 5.91 Å². The summed E-state index contributed by atoms with van der Waals surface area (Å²) >= 11 is 0. The van der Waals surface area contributed by atoms with Crippen molar-refractivity contribution in [1.29, 1.82) is 0 Å². The van der Waals surface area contributed by atoms with Crippen LogP contribution in [0.1, 0.15) is 16.1 Å². The van der Waals surface area contributed by atoms with Crippen LogP contribution in [0.2, 0.25) is 0 Å². The zero-order chi connectivity index (χ0) is 20.6. The average Bonchev–Trinajstić information content (AvgIpc) is 3.26. The highest BCUT2D eigenvalue weighted by molar-refractivity contribution is 5.93. The van der Waals surface area contributed by atoms with Gasteiger partial charge in [0.1, 0.15) is 11.5 Å². The molecular weight excluding hydrogens is 368 g/mol. The topological polar surface area (TPSA) is 64.8 Å². The van der Waals surface area contributed by atoms with Crippen LogP contribution >= 0.6 is 0 Å². The number of carbonyl (C=O) groups excluding carboxylic acids is 1. The fourth-order valence-electron chi connectivity index (χ4n) is 3.01. The number of rotatable bonds is 9. The number of nitrogens with zero attached hydrogens (tertiary/aromatic N) is 2. The summed E-state index contributed by atoms with van der Waals surface area (Å²) in [6.45, 7) is 4.74. The number of methoxy groups -OCH3 is 2. The van der Waals surface area contributed by atoms with Gasteiger partial charge in [0.25, 0.3) is 5.91 Å². The zero-order valence-corrected chi connectivity index (χ0v) is 16.6. The molecular formula is C23H24N2O4. The van der Waals surface area contributed by atoms with E-state index in [1.165, 1.54) is 0 Å². The molecule has 0 aliphatic heterocycles. The Morgan fingerprint density at radius 1 is 1.14 bits per heavy atom. The third-order valence-electron chi connectivity index (χ3n) is 4.55. The number of aromatic nitrogens is 1. The number of hydrogen-bond donors (Lipinski definition) is 0. The Morgan fingerprint density at radius 2 is 1.93 bits per heavy atom. The molecule has 0 radical (unpaired) electrons. The molecule has 1 aromatic heterocycles. The molecule has 1 heterocycles. The minimum atomic E-state index is -0.210. The summed E-state index contributed by atoms with van der Waals surface area (Å²) in [5, 5.41) is 3.98. The van der Waals surface area contributed by atoms with E-state index in [-0.39, 0.29) is 11.6 Å². The van der Waals surface area contributed by atoms with Gasteiger partial charge in [-0.2, -0.15) is 0 Å². The molecule has 0 fully saturated rings. The van der Waals surface area contributed by atoms with Crippen LogP contribution in [0.5, 0.6) is 11.5 Å². The molecule has 0 atom stereocenters. The monoisotopic (exact) mass is 392 g/mol. The van der Waals surface area contributed by atoms with E-state index >= 15 is 0 Å². The van der Waals surface area contributed by atoms with E-state index in [0.717, 1.165) is 12.0 Å². The second kappa shape index (κ2) is 9.59. The third kappa shape index (κ3) is 4.85. The first-order chi connectivity index (χ1) is 14.2. The minimum absolute atomic E-state index is 0.210. The van der Waals surface area contributed by atoms with E-state index in [4.69, 9.17) is 14.0 Å². The molecule has 0 bridgehead atoms. The zero-order valence-electron chi connectivity index (χ0n) is 16.6. The lowest BCUT2D eigenvalue weighted by molar-refractivity contribution is 0.0765. The molecule has 150 valence electrons. The smallest absolute Gasteiger partial charge is 0.276 e. The Labute approximate surface area is 170 Å². The molecule has 6 nitrogen and oxygen atoms in total. The van der Waals surface area contributed by atoms with Crippen molar-refractivity contribution in [2.45, 2.75) is 6.42 Å². The predicted octanol–water partition coefficient (Wildman–Crippen LogP) is 4.23. The Hall–Kier alpha value is -3.54. The molecule has 6 heteroatoms. The summed E-state index contributed by atoms with van der Waals surface area (Å²) in [7, 11) is 3.16. The molecule has 0 saturated heterocycles. The Morgan fingerprint density at radius 3 is 2.62 bits per heavy atom. The van der Waals surface area contributed by atoms with Gasteiger partial charge in [-0.15, -0.1) is 6.58 Å². The van der Waals surface area contributed by atoms with Gasteiger partial charge in [0.2, 0.25) is 0 Å². The van der Waals surface area contributed by atoms with Gasteiger partial charge in [-0.05, 0) is 30.2 Å². The Balaban J connectivity index is 1.80. The molecule has 29 heavy (non-hydrogen) atoms. The van der Waals surface area contributed by atoms with E-state index in [1.54, 1.807) is 49.5 Å². The van der Waals surface area contributed by atoms with E-state index < -0.39 is 0 Å². The van der Waals surface area contributed by atoms with Gasteiger partial charge in [-0.1, -0.05) is 41.6 Å². The lowest BCUT2D eigenvalue weighted by Crippen LogP contribution is -2.33. The molecule has 0 N–H and O–H groups in total. The lowest BCUT2D eigenvalue weighted by atomic mass is 10.1. The van der Waals surface area contributed by atoms with E-state index in [9.17, 15) is 4.79 Å². The van der Waals surface area contributed by atoms with Crippen molar-refractivity contribution < 1.29 is 18.8 Å². The molecule has 0 aliphatic rings. The molecule has 0 unspecified atom stereocenters. The largest absolute Gasteiger partial charge is 0.497 e. The maximum absolute atomic E-state index is 13.0. The minimum Gasteiger partial charge on any atom is -0.497 e. The van der Waals surface area contributed by atoms with Crippen LogP contribution < -0.4 is 9.47 Å². The molecule has 0 spiro atoms. The lowest BCUT2D eigenvalue weighted by Gasteiger charge is -2.19. The standard InChI is InChI=1S/C23H24N2O4/c1-4-13-25(14-12-17-8-6-5-7-9-17)23(26)20-16-22(29-24-20)19-15-18(27-2)10-11-21(19)28-3/h4-11,15-16H,1,12-14H2,2-3H3. The SMILES string of the molecule is C=CCN(CCc1ccccc1)C(=O)c1cc(-c2cc(OC)ccc2OC)on1. The van der Waals surface area contributed by atoms with Crippen LogP contribution in [0.3, 0.4) is 0 Å². The van der Waals surface area contributed by atoms with Crippen LogP contribution in [-0.4, -0.2) is 43.3 Å². The Bertz CT molecular complexity index is 966. The number of ether oxygens (including phenoxy) is 2. The first kappa shape index (κ1) is 20.2. The molecule has 3 aromatic rings. The summed E-state index contributed by atoms with van der Waals surface area (Å²) in [6, 6.07) is 17.0. The van der Waals surface area contributed by atoms with Crippen molar-refractivity contribution in [3.8, 4) is 22.8 Å². The molecule has 0 aliphatic carbocycles. The predicted molar refractivity (Wildman–Crippen MR) is 111 cm³/mol. The Kier molecular flexibility index (Phi) is 6.68. The van der Waals surface area contributed by atoms with Crippen molar-refractivity contribution in [3.05, 3.63) is 78.5 Å².